The number of aromatic nitrogens is 1. The van der Waals surface area contributed by atoms with E-state index in [1.807, 2.05) is 0 Å². The molecule has 4 aromatic rings. The molecule has 2 aromatic carbocycles. The highest BCUT2D eigenvalue weighted by Crippen LogP contribution is 2.42. The van der Waals surface area contributed by atoms with E-state index in [4.69, 9.17) is 13.9 Å². The molecular weight excluding hydrogens is 439 g/mol. The predicted octanol–water partition coefficient (Wildman–Crippen LogP) is 4.65. The summed E-state index contributed by atoms with van der Waals surface area (Å²) in [6.45, 7) is 3.92. The molecule has 1 aliphatic heterocycles. The zero-order valence-electron chi connectivity index (χ0n) is 18.2. The summed E-state index contributed by atoms with van der Waals surface area (Å²) >= 11 is 0. The van der Waals surface area contributed by atoms with E-state index in [-0.39, 0.29) is 28.9 Å². The second-order valence-corrected chi connectivity index (χ2v) is 7.59. The van der Waals surface area contributed by atoms with E-state index < -0.39 is 23.2 Å². The minimum atomic E-state index is -0.872. The number of carbonyl (C=O) groups excluding carboxylic acids is 1. The number of methoxy groups -OCH3 is 1. The molecule has 0 aliphatic carbocycles. The Labute approximate surface area is 193 Å². The number of ether oxygens (including phenoxy) is 2. The van der Waals surface area contributed by atoms with Crippen LogP contribution in [-0.2, 0) is 0 Å². The van der Waals surface area contributed by atoms with E-state index in [1.165, 1.54) is 24.1 Å². The quantitative estimate of drug-likeness (QED) is 0.391. The first-order valence-electron chi connectivity index (χ1n) is 10.5. The van der Waals surface area contributed by atoms with Gasteiger partial charge in [0, 0.05) is 6.20 Å². The fraction of sp³-hybridized carbons (Fsp3) is 0.115. The Morgan fingerprint density at radius 3 is 2.74 bits per heavy atom. The fourth-order valence-corrected chi connectivity index (χ4v) is 4.12. The summed E-state index contributed by atoms with van der Waals surface area (Å²) in [5.74, 6) is 0.0286. The van der Waals surface area contributed by atoms with Crippen LogP contribution >= 0.6 is 0 Å². The standard InChI is InChI=1S/C26H19FN2O5/c1-3-12-33-19-9-7-15(13-20(19)32-2)23-22-24(30)17-14-16(27)8-10-18(17)34-25(22)26(31)29(23)21-6-4-5-11-28-21/h3-11,13-14,23H,1,12H2,2H3. The summed E-state index contributed by atoms with van der Waals surface area (Å²) in [4.78, 5) is 32.8. The molecule has 0 saturated heterocycles. The summed E-state index contributed by atoms with van der Waals surface area (Å²) in [6.07, 6.45) is 3.16. The van der Waals surface area contributed by atoms with Gasteiger partial charge in [-0.15, -0.1) is 0 Å². The molecule has 34 heavy (non-hydrogen) atoms. The summed E-state index contributed by atoms with van der Waals surface area (Å²) in [6, 6.07) is 13.0. The summed E-state index contributed by atoms with van der Waals surface area (Å²) in [5, 5.41) is 0.0531. The van der Waals surface area contributed by atoms with Crippen LogP contribution in [0.2, 0.25) is 0 Å². The van der Waals surface area contributed by atoms with Gasteiger partial charge in [-0.05, 0) is 48.0 Å². The second kappa shape index (κ2) is 8.47. The Morgan fingerprint density at radius 2 is 2.00 bits per heavy atom. The van der Waals surface area contributed by atoms with Crippen molar-refractivity contribution in [2.75, 3.05) is 18.6 Å². The Balaban J connectivity index is 1.76. The first kappa shape index (κ1) is 21.4. The number of rotatable bonds is 6. The lowest BCUT2D eigenvalue weighted by molar-refractivity contribution is 0.0970. The number of fused-ring (bicyclic) bond motifs is 2. The fourth-order valence-electron chi connectivity index (χ4n) is 4.12. The van der Waals surface area contributed by atoms with Crippen LogP contribution in [0.4, 0.5) is 10.2 Å². The van der Waals surface area contributed by atoms with Gasteiger partial charge in [0.15, 0.2) is 16.9 Å². The van der Waals surface area contributed by atoms with E-state index in [9.17, 15) is 14.0 Å². The third kappa shape index (κ3) is 3.40. The van der Waals surface area contributed by atoms with Crippen molar-refractivity contribution in [2.24, 2.45) is 0 Å². The summed E-state index contributed by atoms with van der Waals surface area (Å²) < 4.78 is 30.9. The van der Waals surface area contributed by atoms with Gasteiger partial charge < -0.3 is 13.9 Å². The molecule has 1 atom stereocenters. The molecule has 0 bridgehead atoms. The molecule has 0 radical (unpaired) electrons. The van der Waals surface area contributed by atoms with E-state index in [1.54, 1.807) is 48.7 Å². The topological polar surface area (TPSA) is 81.9 Å². The molecule has 1 unspecified atom stereocenters. The zero-order chi connectivity index (χ0) is 23.8. The van der Waals surface area contributed by atoms with Gasteiger partial charge in [-0.3, -0.25) is 14.5 Å². The monoisotopic (exact) mass is 458 g/mol. The Hall–Kier alpha value is -4.46. The van der Waals surface area contributed by atoms with E-state index in [2.05, 4.69) is 11.6 Å². The van der Waals surface area contributed by atoms with Crippen molar-refractivity contribution in [1.29, 1.82) is 0 Å². The Kier molecular flexibility index (Phi) is 5.33. The molecule has 5 rings (SSSR count). The maximum absolute atomic E-state index is 13.9. The molecule has 0 spiro atoms. The first-order chi connectivity index (χ1) is 16.5. The van der Waals surface area contributed by atoms with Gasteiger partial charge in [0.2, 0.25) is 5.76 Å². The van der Waals surface area contributed by atoms with Crippen LogP contribution < -0.4 is 19.8 Å². The van der Waals surface area contributed by atoms with Gasteiger partial charge in [0.25, 0.3) is 5.91 Å². The number of hydrogen-bond acceptors (Lipinski definition) is 6. The van der Waals surface area contributed by atoms with Gasteiger partial charge >= 0.3 is 0 Å². The number of carbonyl (C=O) groups is 1. The number of pyridine rings is 1. The normalized spacial score (nSPS) is 14.8. The zero-order valence-corrected chi connectivity index (χ0v) is 18.2. The van der Waals surface area contributed by atoms with E-state index >= 15 is 0 Å². The van der Waals surface area contributed by atoms with Gasteiger partial charge in [-0.25, -0.2) is 9.37 Å². The predicted molar refractivity (Wildman–Crippen MR) is 124 cm³/mol. The lowest BCUT2D eigenvalue weighted by atomic mass is 9.98. The van der Waals surface area contributed by atoms with Gasteiger partial charge in [-0.1, -0.05) is 24.8 Å². The van der Waals surface area contributed by atoms with Crippen molar-refractivity contribution in [3.63, 3.8) is 0 Å². The van der Waals surface area contributed by atoms with Crippen molar-refractivity contribution in [1.82, 2.24) is 4.98 Å². The number of anilines is 1. The van der Waals surface area contributed by atoms with Crippen molar-refractivity contribution < 1.29 is 23.1 Å². The van der Waals surface area contributed by atoms with Crippen molar-refractivity contribution in [3.8, 4) is 11.5 Å². The molecule has 2 aromatic heterocycles. The molecule has 8 heteroatoms. The Morgan fingerprint density at radius 1 is 1.15 bits per heavy atom. The van der Waals surface area contributed by atoms with Crippen molar-refractivity contribution in [2.45, 2.75) is 6.04 Å². The van der Waals surface area contributed by atoms with Crippen molar-refractivity contribution >= 4 is 22.7 Å². The highest BCUT2D eigenvalue weighted by atomic mass is 19.1. The minimum absolute atomic E-state index is 0.0531. The molecule has 7 nitrogen and oxygen atoms in total. The molecule has 1 aliphatic rings. The summed E-state index contributed by atoms with van der Waals surface area (Å²) in [5.41, 5.74) is 0.323. The number of amides is 1. The first-order valence-corrected chi connectivity index (χ1v) is 10.5. The van der Waals surface area contributed by atoms with Gasteiger partial charge in [0.05, 0.1) is 24.1 Å². The number of hydrogen-bond donors (Lipinski definition) is 0. The largest absolute Gasteiger partial charge is 0.493 e. The maximum Gasteiger partial charge on any atom is 0.296 e. The van der Waals surface area contributed by atoms with Crippen LogP contribution in [0.1, 0.15) is 27.7 Å². The summed E-state index contributed by atoms with van der Waals surface area (Å²) in [7, 11) is 1.49. The highest BCUT2D eigenvalue weighted by molar-refractivity contribution is 6.10. The van der Waals surface area contributed by atoms with Crippen molar-refractivity contribution in [3.05, 3.63) is 106 Å². The Bertz CT molecular complexity index is 1480. The van der Waals surface area contributed by atoms with Crippen LogP contribution in [0.3, 0.4) is 0 Å². The SMILES string of the molecule is C=CCOc1ccc(C2c3c(oc4ccc(F)cc4c3=O)C(=O)N2c2ccccn2)cc1OC. The molecule has 3 heterocycles. The second-order valence-electron chi connectivity index (χ2n) is 7.59. The average Bonchev–Trinajstić information content (AvgIpc) is 3.16. The molecule has 0 saturated carbocycles. The van der Waals surface area contributed by atoms with Crippen LogP contribution in [0.25, 0.3) is 11.0 Å². The number of benzene rings is 2. The van der Waals surface area contributed by atoms with Gasteiger partial charge in [0.1, 0.15) is 23.8 Å². The molecule has 1 amide bonds. The lowest BCUT2D eigenvalue weighted by Crippen LogP contribution is -2.30. The molecule has 0 fully saturated rings. The molecule has 170 valence electrons. The molecular formula is C26H19FN2O5. The van der Waals surface area contributed by atoms with E-state index in [0.717, 1.165) is 6.07 Å². The number of nitrogens with zero attached hydrogens (tertiary/aromatic N) is 2. The van der Waals surface area contributed by atoms with Crippen LogP contribution in [0, 0.1) is 5.82 Å². The van der Waals surface area contributed by atoms with E-state index in [0.29, 0.717) is 22.9 Å². The smallest absolute Gasteiger partial charge is 0.296 e. The van der Waals surface area contributed by atoms with Gasteiger partial charge in [-0.2, -0.15) is 0 Å². The van der Waals surface area contributed by atoms with Crippen LogP contribution in [-0.4, -0.2) is 24.6 Å². The lowest BCUT2D eigenvalue weighted by Gasteiger charge is -2.24. The third-order valence-electron chi connectivity index (χ3n) is 5.59. The number of halogens is 1. The minimum Gasteiger partial charge on any atom is -0.493 e. The maximum atomic E-state index is 13.9. The van der Waals surface area contributed by atoms with Crippen LogP contribution in [0.15, 0.2) is 82.7 Å². The molecule has 0 N–H and O–H groups in total. The third-order valence-corrected chi connectivity index (χ3v) is 5.59. The highest BCUT2D eigenvalue weighted by Gasteiger charge is 2.44. The average molecular weight is 458 g/mol. The van der Waals surface area contributed by atoms with Crippen LogP contribution in [0.5, 0.6) is 11.5 Å².